The van der Waals surface area contributed by atoms with Gasteiger partial charge in [-0.2, -0.15) is 0 Å². The van der Waals surface area contributed by atoms with Gasteiger partial charge in [-0.25, -0.2) is 0 Å². The third kappa shape index (κ3) is 2.90. The minimum Gasteiger partial charge on any atom is -0.317 e. The van der Waals surface area contributed by atoms with Crippen molar-refractivity contribution in [3.05, 3.63) is 35.4 Å². The molecule has 1 unspecified atom stereocenters. The second-order valence-corrected chi connectivity index (χ2v) is 3.85. The average Bonchev–Trinajstić information content (AvgIpc) is 2.16. The highest BCUT2D eigenvalue weighted by Crippen LogP contribution is 2.05. The van der Waals surface area contributed by atoms with E-state index < -0.39 is 0 Å². The number of hydrogen-bond donors (Lipinski definition) is 1. The van der Waals surface area contributed by atoms with Gasteiger partial charge >= 0.3 is 0 Å². The molecule has 1 nitrogen and oxygen atoms in total. The summed E-state index contributed by atoms with van der Waals surface area (Å²) in [6.45, 7) is 6.22. The molecular weight excluding hydrogens is 170 g/mol. The molecule has 1 aromatic rings. The maximum absolute atomic E-state index is 5.84. The quantitative estimate of drug-likeness (QED) is 0.671. The van der Waals surface area contributed by atoms with Gasteiger partial charge in [0.05, 0.1) is 6.04 Å². The van der Waals surface area contributed by atoms with Crippen LogP contribution in [0.25, 0.3) is 0 Å². The predicted molar refractivity (Wildman–Crippen MR) is 60.9 cm³/mol. The van der Waals surface area contributed by atoms with Gasteiger partial charge < -0.3 is 5.73 Å². The predicted octanol–water partition coefficient (Wildman–Crippen LogP) is 2.33. The molecule has 0 aliphatic rings. The molecule has 0 heterocycles. The molecule has 2 N–H and O–H groups in total. The van der Waals surface area contributed by atoms with Gasteiger partial charge in [0, 0.05) is 5.56 Å². The Morgan fingerprint density at radius 2 is 1.86 bits per heavy atom. The molecule has 0 fully saturated rings. The van der Waals surface area contributed by atoms with Crippen molar-refractivity contribution >= 4 is 0 Å². The summed E-state index contributed by atoms with van der Waals surface area (Å²) < 4.78 is 0. The maximum atomic E-state index is 5.84. The standard InChI is InChI=1S/C13H17N/c1-10(2)13(14)9-8-12-7-5-4-6-11(12)3/h4-7,10,13H,14H2,1-3H3. The molecule has 74 valence electrons. The molecule has 0 spiro atoms. The number of benzene rings is 1. The van der Waals surface area contributed by atoms with Crippen LogP contribution < -0.4 is 5.73 Å². The average molecular weight is 187 g/mol. The minimum atomic E-state index is -0.0328. The van der Waals surface area contributed by atoms with E-state index in [9.17, 15) is 0 Å². The molecule has 0 amide bonds. The fourth-order valence-corrected chi connectivity index (χ4v) is 1.04. The van der Waals surface area contributed by atoms with E-state index in [0.29, 0.717) is 5.92 Å². The lowest BCUT2D eigenvalue weighted by atomic mass is 10.0. The lowest BCUT2D eigenvalue weighted by Gasteiger charge is -2.06. The first-order valence-electron chi connectivity index (χ1n) is 4.94. The largest absolute Gasteiger partial charge is 0.317 e. The van der Waals surface area contributed by atoms with Crippen LogP contribution in [-0.2, 0) is 0 Å². The Morgan fingerprint density at radius 1 is 1.21 bits per heavy atom. The molecule has 0 saturated heterocycles. The van der Waals surface area contributed by atoms with Gasteiger partial charge in [-0.05, 0) is 24.5 Å². The zero-order valence-corrected chi connectivity index (χ0v) is 9.04. The van der Waals surface area contributed by atoms with Crippen LogP contribution in [0.15, 0.2) is 24.3 Å². The number of aryl methyl sites for hydroxylation is 1. The lowest BCUT2D eigenvalue weighted by molar-refractivity contribution is 0.584. The molecule has 0 aliphatic carbocycles. The first-order valence-corrected chi connectivity index (χ1v) is 4.94. The van der Waals surface area contributed by atoms with Crippen molar-refractivity contribution in [3.8, 4) is 11.8 Å². The third-order valence-electron chi connectivity index (χ3n) is 2.24. The topological polar surface area (TPSA) is 26.0 Å². The first-order chi connectivity index (χ1) is 6.61. The van der Waals surface area contributed by atoms with Crippen molar-refractivity contribution < 1.29 is 0 Å². The summed E-state index contributed by atoms with van der Waals surface area (Å²) in [5.74, 6) is 6.59. The molecule has 0 bridgehead atoms. The Kier molecular flexibility index (Phi) is 3.73. The second kappa shape index (κ2) is 4.83. The van der Waals surface area contributed by atoms with Crippen molar-refractivity contribution in [2.75, 3.05) is 0 Å². The third-order valence-corrected chi connectivity index (χ3v) is 2.24. The highest BCUT2D eigenvalue weighted by atomic mass is 14.6. The van der Waals surface area contributed by atoms with Crippen molar-refractivity contribution in [2.24, 2.45) is 11.7 Å². The van der Waals surface area contributed by atoms with Crippen LogP contribution in [0.1, 0.15) is 25.0 Å². The van der Waals surface area contributed by atoms with Crippen LogP contribution in [0.5, 0.6) is 0 Å². The van der Waals surface area contributed by atoms with Crippen LogP contribution in [0.3, 0.4) is 0 Å². The minimum absolute atomic E-state index is 0.0328. The van der Waals surface area contributed by atoms with E-state index in [-0.39, 0.29) is 6.04 Å². The van der Waals surface area contributed by atoms with Gasteiger partial charge in [0.25, 0.3) is 0 Å². The van der Waals surface area contributed by atoms with Gasteiger partial charge in [0.15, 0.2) is 0 Å². The zero-order valence-electron chi connectivity index (χ0n) is 9.04. The molecular formula is C13H17N. The fourth-order valence-electron chi connectivity index (χ4n) is 1.04. The van der Waals surface area contributed by atoms with Crippen LogP contribution in [0.2, 0.25) is 0 Å². The monoisotopic (exact) mass is 187 g/mol. The molecule has 1 aromatic carbocycles. The zero-order chi connectivity index (χ0) is 10.6. The summed E-state index contributed by atoms with van der Waals surface area (Å²) in [4.78, 5) is 0. The van der Waals surface area contributed by atoms with Crippen molar-refractivity contribution in [1.82, 2.24) is 0 Å². The molecule has 14 heavy (non-hydrogen) atoms. The van der Waals surface area contributed by atoms with Crippen molar-refractivity contribution in [1.29, 1.82) is 0 Å². The van der Waals surface area contributed by atoms with Crippen LogP contribution in [-0.4, -0.2) is 6.04 Å². The second-order valence-electron chi connectivity index (χ2n) is 3.85. The summed E-state index contributed by atoms with van der Waals surface area (Å²) >= 11 is 0. The highest BCUT2D eigenvalue weighted by Gasteiger charge is 2.01. The van der Waals surface area contributed by atoms with E-state index in [1.165, 1.54) is 5.56 Å². The molecule has 0 radical (unpaired) electrons. The molecule has 1 atom stereocenters. The Balaban J connectivity index is 2.83. The van der Waals surface area contributed by atoms with Crippen LogP contribution in [0.4, 0.5) is 0 Å². The van der Waals surface area contributed by atoms with E-state index >= 15 is 0 Å². The summed E-state index contributed by atoms with van der Waals surface area (Å²) in [6, 6.07) is 8.07. The SMILES string of the molecule is Cc1ccccc1C#CC(N)C(C)C. The summed E-state index contributed by atoms with van der Waals surface area (Å²) in [6.07, 6.45) is 0. The van der Waals surface area contributed by atoms with E-state index in [1.54, 1.807) is 0 Å². The van der Waals surface area contributed by atoms with Gasteiger partial charge in [0.1, 0.15) is 0 Å². The fraction of sp³-hybridized carbons (Fsp3) is 0.385. The van der Waals surface area contributed by atoms with Gasteiger partial charge in [-0.1, -0.05) is 43.9 Å². The van der Waals surface area contributed by atoms with E-state index in [1.807, 2.05) is 18.2 Å². The maximum Gasteiger partial charge on any atom is 0.0691 e. The Morgan fingerprint density at radius 3 is 2.43 bits per heavy atom. The molecule has 0 saturated carbocycles. The van der Waals surface area contributed by atoms with E-state index in [2.05, 4.69) is 38.7 Å². The van der Waals surface area contributed by atoms with Gasteiger partial charge in [0.2, 0.25) is 0 Å². The highest BCUT2D eigenvalue weighted by molar-refractivity contribution is 5.41. The van der Waals surface area contributed by atoms with Crippen LogP contribution >= 0.6 is 0 Å². The smallest absolute Gasteiger partial charge is 0.0691 e. The van der Waals surface area contributed by atoms with Gasteiger partial charge in [-0.15, -0.1) is 0 Å². The normalized spacial score (nSPS) is 12.1. The first kappa shape index (κ1) is 10.8. The number of nitrogens with two attached hydrogens (primary N) is 1. The van der Waals surface area contributed by atoms with Crippen LogP contribution in [0, 0.1) is 24.7 Å². The number of hydrogen-bond acceptors (Lipinski definition) is 1. The molecule has 1 rings (SSSR count). The molecule has 0 aromatic heterocycles. The lowest BCUT2D eigenvalue weighted by Crippen LogP contribution is -2.23. The Labute approximate surface area is 86.3 Å². The van der Waals surface area contributed by atoms with E-state index in [4.69, 9.17) is 5.73 Å². The summed E-state index contributed by atoms with van der Waals surface area (Å²) in [7, 11) is 0. The van der Waals surface area contributed by atoms with Gasteiger partial charge in [-0.3, -0.25) is 0 Å². The Hall–Kier alpha value is -1.26. The summed E-state index contributed by atoms with van der Waals surface area (Å²) in [5.41, 5.74) is 8.12. The van der Waals surface area contributed by atoms with Crippen molar-refractivity contribution in [2.45, 2.75) is 26.8 Å². The summed E-state index contributed by atoms with van der Waals surface area (Å²) in [5, 5.41) is 0. The van der Waals surface area contributed by atoms with Crippen molar-refractivity contribution in [3.63, 3.8) is 0 Å². The molecule has 0 aliphatic heterocycles. The van der Waals surface area contributed by atoms with E-state index in [0.717, 1.165) is 5.56 Å². The number of rotatable bonds is 1. The molecule has 1 heteroatoms. The Bertz CT molecular complexity index is 355.